The van der Waals surface area contributed by atoms with Crippen LogP contribution < -0.4 is 14.8 Å². The van der Waals surface area contributed by atoms with Crippen LogP contribution in [0.25, 0.3) is 5.69 Å². The smallest absolute Gasteiger partial charge is 0.265 e. The Hall–Kier alpha value is -3.35. The number of halogens is 1. The van der Waals surface area contributed by atoms with Crippen molar-refractivity contribution in [3.63, 3.8) is 0 Å². The zero-order valence-corrected chi connectivity index (χ0v) is 16.2. The predicted molar refractivity (Wildman–Crippen MR) is 105 cm³/mol. The van der Waals surface area contributed by atoms with Gasteiger partial charge in [0.25, 0.3) is 5.91 Å². The SMILES string of the molecule is COc1cc(NC(=O)C(C)Oc2ccc(F)cc2)ccc1-n1nc(C)cc1C. The third-order valence-electron chi connectivity index (χ3n) is 4.18. The van der Waals surface area contributed by atoms with E-state index in [9.17, 15) is 9.18 Å². The number of nitrogens with one attached hydrogen (secondary N) is 1. The lowest BCUT2D eigenvalue weighted by molar-refractivity contribution is -0.122. The van der Waals surface area contributed by atoms with Gasteiger partial charge in [-0.15, -0.1) is 0 Å². The van der Waals surface area contributed by atoms with E-state index in [-0.39, 0.29) is 11.7 Å². The van der Waals surface area contributed by atoms with Gasteiger partial charge in [-0.25, -0.2) is 9.07 Å². The van der Waals surface area contributed by atoms with E-state index < -0.39 is 6.10 Å². The van der Waals surface area contributed by atoms with Gasteiger partial charge < -0.3 is 14.8 Å². The van der Waals surface area contributed by atoms with Crippen molar-refractivity contribution in [2.24, 2.45) is 0 Å². The van der Waals surface area contributed by atoms with Gasteiger partial charge >= 0.3 is 0 Å². The molecule has 0 aliphatic rings. The Balaban J connectivity index is 1.74. The second kappa shape index (κ2) is 8.12. The summed E-state index contributed by atoms with van der Waals surface area (Å²) < 4.78 is 25.8. The van der Waals surface area contributed by atoms with Crippen LogP contribution >= 0.6 is 0 Å². The highest BCUT2D eigenvalue weighted by Crippen LogP contribution is 2.28. The summed E-state index contributed by atoms with van der Waals surface area (Å²) in [6.45, 7) is 5.51. The molecule has 146 valence electrons. The number of aromatic nitrogens is 2. The maximum absolute atomic E-state index is 13.0. The first-order chi connectivity index (χ1) is 13.4. The largest absolute Gasteiger partial charge is 0.494 e. The van der Waals surface area contributed by atoms with E-state index in [1.54, 1.807) is 30.8 Å². The average Bonchev–Trinajstić information content (AvgIpc) is 3.01. The number of amides is 1. The van der Waals surface area contributed by atoms with Crippen LogP contribution in [0.15, 0.2) is 48.5 Å². The highest BCUT2D eigenvalue weighted by molar-refractivity contribution is 5.94. The highest BCUT2D eigenvalue weighted by Gasteiger charge is 2.17. The summed E-state index contributed by atoms with van der Waals surface area (Å²) in [7, 11) is 1.57. The Kier molecular flexibility index (Phi) is 5.63. The Bertz CT molecular complexity index is 983. The molecule has 0 aliphatic heterocycles. The molecule has 1 unspecified atom stereocenters. The molecule has 1 N–H and O–H groups in total. The molecular formula is C21H22FN3O3. The van der Waals surface area contributed by atoms with Crippen LogP contribution in [0.3, 0.4) is 0 Å². The van der Waals surface area contributed by atoms with E-state index in [2.05, 4.69) is 10.4 Å². The molecule has 0 spiro atoms. The minimum Gasteiger partial charge on any atom is -0.494 e. The summed E-state index contributed by atoms with van der Waals surface area (Å²) in [5, 5.41) is 7.26. The number of hydrogen-bond donors (Lipinski definition) is 1. The van der Waals surface area contributed by atoms with E-state index in [1.165, 1.54) is 24.3 Å². The molecule has 0 aliphatic carbocycles. The summed E-state index contributed by atoms with van der Waals surface area (Å²) in [5.41, 5.74) is 3.24. The van der Waals surface area contributed by atoms with Crippen molar-refractivity contribution in [1.29, 1.82) is 0 Å². The maximum atomic E-state index is 13.0. The minimum atomic E-state index is -0.757. The number of benzene rings is 2. The van der Waals surface area contributed by atoms with Gasteiger partial charge in [0.05, 0.1) is 12.8 Å². The molecule has 2 aromatic carbocycles. The summed E-state index contributed by atoms with van der Waals surface area (Å²) in [4.78, 5) is 12.4. The van der Waals surface area contributed by atoms with Crippen LogP contribution in [-0.2, 0) is 4.79 Å². The van der Waals surface area contributed by atoms with Gasteiger partial charge in [0, 0.05) is 17.4 Å². The molecule has 0 radical (unpaired) electrons. The lowest BCUT2D eigenvalue weighted by Crippen LogP contribution is -2.30. The van der Waals surface area contributed by atoms with Crippen molar-refractivity contribution in [1.82, 2.24) is 9.78 Å². The van der Waals surface area contributed by atoms with Crippen LogP contribution in [0.5, 0.6) is 11.5 Å². The number of carbonyl (C=O) groups excluding carboxylic acids is 1. The molecule has 0 fully saturated rings. The lowest BCUT2D eigenvalue weighted by atomic mass is 10.2. The average molecular weight is 383 g/mol. The van der Waals surface area contributed by atoms with Crippen molar-refractivity contribution in [3.8, 4) is 17.2 Å². The van der Waals surface area contributed by atoms with Gasteiger partial charge in [0.1, 0.15) is 23.0 Å². The van der Waals surface area contributed by atoms with Gasteiger partial charge in [0.15, 0.2) is 6.10 Å². The fourth-order valence-electron chi connectivity index (χ4n) is 2.82. The number of hydrogen-bond acceptors (Lipinski definition) is 4. The Morgan fingerprint density at radius 2 is 1.86 bits per heavy atom. The first-order valence-electron chi connectivity index (χ1n) is 8.82. The molecule has 0 saturated heterocycles. The molecule has 28 heavy (non-hydrogen) atoms. The first kappa shape index (κ1) is 19.4. The van der Waals surface area contributed by atoms with Crippen LogP contribution in [0, 0.1) is 19.7 Å². The minimum absolute atomic E-state index is 0.328. The normalized spacial score (nSPS) is 11.8. The number of aryl methyl sites for hydroxylation is 2. The quantitative estimate of drug-likeness (QED) is 0.698. The summed E-state index contributed by atoms with van der Waals surface area (Å²) >= 11 is 0. The van der Waals surface area contributed by atoms with Gasteiger partial charge in [-0.3, -0.25) is 4.79 Å². The van der Waals surface area contributed by atoms with Gasteiger partial charge in [-0.05, 0) is 63.2 Å². The molecule has 3 rings (SSSR count). The second-order valence-corrected chi connectivity index (χ2v) is 6.43. The van der Waals surface area contributed by atoms with Crippen LogP contribution in [0.4, 0.5) is 10.1 Å². The predicted octanol–water partition coefficient (Wildman–Crippen LogP) is 4.04. The second-order valence-electron chi connectivity index (χ2n) is 6.43. The number of anilines is 1. The van der Waals surface area contributed by atoms with E-state index in [1.807, 2.05) is 26.0 Å². The van der Waals surface area contributed by atoms with Crippen LogP contribution in [0.1, 0.15) is 18.3 Å². The number of carbonyl (C=O) groups is 1. The summed E-state index contributed by atoms with van der Waals surface area (Å²) in [6.07, 6.45) is -0.757. The third kappa shape index (κ3) is 4.31. The number of nitrogens with zero attached hydrogens (tertiary/aromatic N) is 2. The molecule has 6 nitrogen and oxygen atoms in total. The Labute approximate surface area is 162 Å². The van der Waals surface area contributed by atoms with Gasteiger partial charge in [-0.2, -0.15) is 5.10 Å². The number of methoxy groups -OCH3 is 1. The van der Waals surface area contributed by atoms with E-state index in [0.717, 1.165) is 17.1 Å². The van der Waals surface area contributed by atoms with Crippen molar-refractivity contribution in [2.75, 3.05) is 12.4 Å². The lowest BCUT2D eigenvalue weighted by Gasteiger charge is -2.16. The van der Waals surface area contributed by atoms with Crippen molar-refractivity contribution in [2.45, 2.75) is 26.9 Å². The molecule has 1 amide bonds. The fraction of sp³-hybridized carbons (Fsp3) is 0.238. The molecule has 0 bridgehead atoms. The van der Waals surface area contributed by atoms with E-state index in [4.69, 9.17) is 9.47 Å². The summed E-state index contributed by atoms with van der Waals surface area (Å²) in [5.74, 6) is 0.308. The molecule has 0 saturated carbocycles. The van der Waals surface area contributed by atoms with E-state index in [0.29, 0.717) is 17.2 Å². The number of rotatable bonds is 6. The molecule has 1 aromatic heterocycles. The zero-order valence-electron chi connectivity index (χ0n) is 16.2. The first-order valence-corrected chi connectivity index (χ1v) is 8.82. The zero-order chi connectivity index (χ0) is 20.3. The number of ether oxygens (including phenoxy) is 2. The fourth-order valence-corrected chi connectivity index (χ4v) is 2.82. The van der Waals surface area contributed by atoms with Gasteiger partial charge in [0.2, 0.25) is 0 Å². The maximum Gasteiger partial charge on any atom is 0.265 e. The van der Waals surface area contributed by atoms with Gasteiger partial charge in [-0.1, -0.05) is 0 Å². The summed E-state index contributed by atoms with van der Waals surface area (Å²) in [6, 6.07) is 12.8. The molecule has 7 heteroatoms. The molecular weight excluding hydrogens is 361 g/mol. The van der Waals surface area contributed by atoms with E-state index >= 15 is 0 Å². The standard InChI is InChI=1S/C21H22FN3O3/c1-13-11-14(2)25(24-13)19-10-7-17(12-20(19)27-4)23-21(26)15(3)28-18-8-5-16(22)6-9-18/h5-12,15H,1-4H3,(H,23,26). The topological polar surface area (TPSA) is 65.4 Å². The van der Waals surface area contributed by atoms with Crippen LogP contribution in [0.2, 0.25) is 0 Å². The van der Waals surface area contributed by atoms with Crippen molar-refractivity contribution < 1.29 is 18.7 Å². The monoisotopic (exact) mass is 383 g/mol. The highest BCUT2D eigenvalue weighted by atomic mass is 19.1. The molecule has 1 atom stereocenters. The molecule has 3 aromatic rings. The van der Waals surface area contributed by atoms with Crippen LogP contribution in [-0.4, -0.2) is 28.9 Å². The molecule has 1 heterocycles. The third-order valence-corrected chi connectivity index (χ3v) is 4.18. The Morgan fingerprint density at radius 1 is 1.14 bits per heavy atom. The van der Waals surface area contributed by atoms with Crippen molar-refractivity contribution >= 4 is 11.6 Å². The Morgan fingerprint density at radius 3 is 2.46 bits per heavy atom. The van der Waals surface area contributed by atoms with Crippen molar-refractivity contribution in [3.05, 3.63) is 65.7 Å².